The highest BCUT2D eigenvalue weighted by molar-refractivity contribution is 5.79. The Morgan fingerprint density at radius 1 is 1.58 bits per heavy atom. The minimum Gasteiger partial charge on any atom is -0.347 e. The van der Waals surface area contributed by atoms with E-state index in [1.807, 2.05) is 0 Å². The monoisotopic (exact) mass is 176 g/mol. The third-order valence-corrected chi connectivity index (χ3v) is 2.65. The smallest absolute Gasteiger partial charge is 0.315 e. The van der Waals surface area contributed by atoms with Gasteiger partial charge in [0, 0.05) is 18.6 Å². The first-order valence-electron chi connectivity index (χ1n) is 4.00. The lowest BCUT2D eigenvalue weighted by Gasteiger charge is -2.34. The molecule has 3 rings (SSSR count). The van der Waals surface area contributed by atoms with Crippen LogP contribution in [0.15, 0.2) is 0 Å². The van der Waals surface area contributed by atoms with Crippen LogP contribution in [-0.4, -0.2) is 31.0 Å². The van der Waals surface area contributed by atoms with Crippen molar-refractivity contribution in [2.24, 2.45) is 5.92 Å². The maximum Gasteiger partial charge on any atom is 0.315 e. The molecule has 2 bridgehead atoms. The second kappa shape index (κ2) is 2.65. The summed E-state index contributed by atoms with van der Waals surface area (Å²) in [6, 6.07) is 0.184. The van der Waals surface area contributed by atoms with Crippen molar-refractivity contribution in [3.63, 3.8) is 0 Å². The highest BCUT2D eigenvalue weighted by atomic mass is 19.3. The summed E-state index contributed by atoms with van der Waals surface area (Å²) in [6.45, 7) is 0.846. The van der Waals surface area contributed by atoms with Gasteiger partial charge in [-0.25, -0.2) is 0 Å². The van der Waals surface area contributed by atoms with Crippen LogP contribution >= 0.6 is 0 Å². The summed E-state index contributed by atoms with van der Waals surface area (Å²) >= 11 is 0. The van der Waals surface area contributed by atoms with Crippen LogP contribution < -0.4 is 10.6 Å². The molecule has 2 N–H and O–H groups in total. The van der Waals surface area contributed by atoms with Crippen molar-refractivity contribution in [2.45, 2.75) is 24.9 Å². The van der Waals surface area contributed by atoms with E-state index < -0.39 is 12.3 Å². The molecular formula is C7H10F2N2O. The van der Waals surface area contributed by atoms with Crippen LogP contribution in [0, 0.1) is 5.92 Å². The number of nitrogens with one attached hydrogen (secondary N) is 2. The molecule has 3 atom stereocenters. The summed E-state index contributed by atoms with van der Waals surface area (Å²) in [7, 11) is 0. The molecule has 3 fully saturated rings. The Balaban J connectivity index is 1.85. The summed E-state index contributed by atoms with van der Waals surface area (Å²) < 4.78 is 23.6. The zero-order chi connectivity index (χ0) is 8.72. The van der Waals surface area contributed by atoms with Crippen LogP contribution in [0.1, 0.15) is 6.42 Å². The minimum absolute atomic E-state index is 0.0495. The van der Waals surface area contributed by atoms with Crippen molar-refractivity contribution in [3.8, 4) is 0 Å². The Bertz CT molecular complexity index is 196. The van der Waals surface area contributed by atoms with Gasteiger partial charge in [-0.05, 0) is 12.3 Å². The molecule has 0 aromatic heterocycles. The quantitative estimate of drug-likeness (QED) is 0.608. The van der Waals surface area contributed by atoms with Crippen LogP contribution in [0.4, 0.5) is 8.78 Å². The van der Waals surface area contributed by atoms with E-state index in [0.29, 0.717) is 5.92 Å². The van der Waals surface area contributed by atoms with Gasteiger partial charge < -0.3 is 10.6 Å². The molecule has 1 aliphatic carbocycles. The molecule has 3 aliphatic rings. The molecule has 0 spiro atoms. The molecule has 2 aliphatic heterocycles. The van der Waals surface area contributed by atoms with E-state index in [4.69, 9.17) is 0 Å². The normalized spacial score (nSPS) is 38.1. The number of carbonyl (C=O) groups excluding carboxylic acids is 1. The number of halogens is 2. The van der Waals surface area contributed by atoms with Gasteiger partial charge in [-0.1, -0.05) is 0 Å². The first-order valence-corrected chi connectivity index (χ1v) is 4.00. The van der Waals surface area contributed by atoms with Gasteiger partial charge in [0.25, 0.3) is 5.91 Å². The molecule has 0 radical (unpaired) electrons. The van der Waals surface area contributed by atoms with E-state index in [1.165, 1.54) is 0 Å². The first kappa shape index (κ1) is 7.91. The Morgan fingerprint density at radius 2 is 2.33 bits per heavy atom. The molecular weight excluding hydrogens is 166 g/mol. The van der Waals surface area contributed by atoms with Crippen LogP contribution in [0.25, 0.3) is 0 Å². The van der Waals surface area contributed by atoms with Crippen LogP contribution in [0.5, 0.6) is 0 Å². The molecule has 1 saturated carbocycles. The third kappa shape index (κ3) is 1.08. The second-order valence-electron chi connectivity index (χ2n) is 3.35. The number of rotatable bonds is 2. The van der Waals surface area contributed by atoms with Crippen molar-refractivity contribution >= 4 is 5.91 Å². The molecule has 68 valence electrons. The molecule has 3 nitrogen and oxygen atoms in total. The zero-order valence-electron chi connectivity index (χ0n) is 6.39. The number of carbonyl (C=O) groups is 1. The van der Waals surface area contributed by atoms with E-state index in [-0.39, 0.29) is 12.1 Å². The van der Waals surface area contributed by atoms with Gasteiger partial charge in [-0.15, -0.1) is 0 Å². The van der Waals surface area contributed by atoms with Crippen LogP contribution in [0.3, 0.4) is 0 Å². The number of hydrogen-bond acceptors (Lipinski definition) is 2. The highest BCUT2D eigenvalue weighted by Crippen LogP contribution is 2.33. The van der Waals surface area contributed by atoms with Crippen molar-refractivity contribution in [3.05, 3.63) is 0 Å². The Labute approximate surface area is 68.5 Å². The summed E-state index contributed by atoms with van der Waals surface area (Å²) in [5.74, 6) is -0.768. The van der Waals surface area contributed by atoms with Crippen molar-refractivity contribution in [2.75, 3.05) is 6.54 Å². The maximum atomic E-state index is 11.8. The van der Waals surface area contributed by atoms with E-state index >= 15 is 0 Å². The predicted octanol–water partition coefficient (Wildman–Crippen LogP) is -0.272. The average Bonchev–Trinajstić information content (AvgIpc) is 2.58. The number of amides is 1. The number of fused-ring (bicyclic) bond motifs is 1. The van der Waals surface area contributed by atoms with E-state index in [2.05, 4.69) is 10.6 Å². The first-order chi connectivity index (χ1) is 5.68. The van der Waals surface area contributed by atoms with Crippen molar-refractivity contribution in [1.29, 1.82) is 0 Å². The third-order valence-electron chi connectivity index (χ3n) is 2.65. The fraction of sp³-hybridized carbons (Fsp3) is 0.857. The Hall–Kier alpha value is -0.710. The van der Waals surface area contributed by atoms with E-state index in [1.54, 1.807) is 0 Å². The lowest BCUT2D eigenvalue weighted by atomic mass is 9.80. The van der Waals surface area contributed by atoms with Gasteiger partial charge in [0.2, 0.25) is 0 Å². The Morgan fingerprint density at radius 3 is 2.75 bits per heavy atom. The summed E-state index contributed by atoms with van der Waals surface area (Å²) in [4.78, 5) is 10.6. The topological polar surface area (TPSA) is 41.1 Å². The zero-order valence-corrected chi connectivity index (χ0v) is 6.39. The maximum absolute atomic E-state index is 11.8. The number of alkyl halides is 2. The molecule has 2 saturated heterocycles. The molecule has 0 aromatic rings. The van der Waals surface area contributed by atoms with Gasteiger partial charge in [-0.2, -0.15) is 8.78 Å². The van der Waals surface area contributed by atoms with E-state index in [9.17, 15) is 13.6 Å². The summed E-state index contributed by atoms with van der Waals surface area (Å²) in [6.07, 6.45) is -1.88. The molecule has 3 unspecified atom stereocenters. The van der Waals surface area contributed by atoms with Crippen molar-refractivity contribution < 1.29 is 13.6 Å². The molecule has 12 heavy (non-hydrogen) atoms. The number of hydrogen-bond donors (Lipinski definition) is 2. The standard InChI is InChI=1S/C7H10F2N2O/c8-6(9)7(12)11-5-3-1-4(5)10-2-3/h3-6,10H,1-2H2,(H,11,12). The van der Waals surface area contributed by atoms with Crippen molar-refractivity contribution in [1.82, 2.24) is 10.6 Å². The Kier molecular flexibility index (Phi) is 1.75. The van der Waals surface area contributed by atoms with Crippen LogP contribution in [-0.2, 0) is 4.79 Å². The van der Waals surface area contributed by atoms with Gasteiger partial charge in [-0.3, -0.25) is 4.79 Å². The lowest BCUT2D eigenvalue weighted by Crippen LogP contribution is -2.55. The highest BCUT2D eigenvalue weighted by Gasteiger charge is 2.47. The fourth-order valence-electron chi connectivity index (χ4n) is 1.92. The second-order valence-corrected chi connectivity index (χ2v) is 3.35. The average molecular weight is 176 g/mol. The lowest BCUT2D eigenvalue weighted by molar-refractivity contribution is -0.133. The summed E-state index contributed by atoms with van der Waals surface area (Å²) in [5, 5.41) is 5.45. The molecule has 5 heteroatoms. The molecule has 1 amide bonds. The van der Waals surface area contributed by atoms with E-state index in [0.717, 1.165) is 13.0 Å². The van der Waals surface area contributed by atoms with Gasteiger partial charge in [0.1, 0.15) is 0 Å². The predicted molar refractivity (Wildman–Crippen MR) is 37.8 cm³/mol. The SMILES string of the molecule is O=C(NC1C2CNC1C2)C(F)F. The minimum atomic E-state index is -2.88. The van der Waals surface area contributed by atoms with Crippen LogP contribution in [0.2, 0.25) is 0 Å². The summed E-state index contributed by atoms with van der Waals surface area (Å²) in [5.41, 5.74) is 0. The largest absolute Gasteiger partial charge is 0.347 e. The fourth-order valence-corrected chi connectivity index (χ4v) is 1.92. The molecule has 0 aromatic carbocycles. The van der Waals surface area contributed by atoms with Gasteiger partial charge in [0.05, 0.1) is 0 Å². The van der Waals surface area contributed by atoms with Gasteiger partial charge >= 0.3 is 6.43 Å². The molecule has 2 heterocycles. The van der Waals surface area contributed by atoms with Gasteiger partial charge in [0.15, 0.2) is 0 Å².